The molecule has 2 heteroatoms. The molecule has 0 spiro atoms. The van der Waals surface area contributed by atoms with Crippen molar-refractivity contribution in [3.63, 3.8) is 0 Å². The molecule has 0 radical (unpaired) electrons. The number of aliphatic hydroxyl groups is 1. The van der Waals surface area contributed by atoms with Crippen LogP contribution in [-0.2, 0) is 0 Å². The van der Waals surface area contributed by atoms with E-state index in [0.29, 0.717) is 18.1 Å². The highest BCUT2D eigenvalue weighted by molar-refractivity contribution is 4.80. The lowest BCUT2D eigenvalue weighted by Crippen LogP contribution is -2.34. The maximum atomic E-state index is 8.76. The predicted octanol–water partition coefficient (Wildman–Crippen LogP) is 2.95. The van der Waals surface area contributed by atoms with E-state index in [1.54, 1.807) is 0 Å². The molecule has 1 atom stereocenters. The van der Waals surface area contributed by atoms with Gasteiger partial charge in [-0.3, -0.25) is 0 Å². The molecule has 1 fully saturated rings. The quantitative estimate of drug-likeness (QED) is 0.731. The molecule has 2 nitrogen and oxygen atoms in total. The van der Waals surface area contributed by atoms with Gasteiger partial charge >= 0.3 is 0 Å². The molecule has 0 amide bonds. The first-order chi connectivity index (χ1) is 7.53. The Hall–Kier alpha value is -0.0800. The standard InChI is InChI=1S/C14H29NO/c1-12(5-4-10-16)15-11-13-6-8-14(2,3)9-7-13/h12-13,15-16H,4-11H2,1-3H3. The molecule has 1 unspecified atom stereocenters. The highest BCUT2D eigenvalue weighted by Crippen LogP contribution is 2.37. The molecule has 0 heterocycles. The van der Waals surface area contributed by atoms with E-state index < -0.39 is 0 Å². The van der Waals surface area contributed by atoms with Gasteiger partial charge in [0.15, 0.2) is 0 Å². The molecule has 2 N–H and O–H groups in total. The fraction of sp³-hybridized carbons (Fsp3) is 1.00. The number of aliphatic hydroxyl groups excluding tert-OH is 1. The van der Waals surface area contributed by atoms with Gasteiger partial charge in [-0.05, 0) is 63.3 Å². The summed E-state index contributed by atoms with van der Waals surface area (Å²) in [6, 6.07) is 0.557. The maximum Gasteiger partial charge on any atom is 0.0431 e. The summed E-state index contributed by atoms with van der Waals surface area (Å²) in [5, 5.41) is 12.4. The van der Waals surface area contributed by atoms with Crippen molar-refractivity contribution < 1.29 is 5.11 Å². The maximum absolute atomic E-state index is 8.76. The van der Waals surface area contributed by atoms with Gasteiger partial charge in [-0.25, -0.2) is 0 Å². The molecule has 1 aliphatic carbocycles. The van der Waals surface area contributed by atoms with Crippen molar-refractivity contribution in [2.24, 2.45) is 11.3 Å². The highest BCUT2D eigenvalue weighted by Gasteiger charge is 2.26. The summed E-state index contributed by atoms with van der Waals surface area (Å²) in [5.41, 5.74) is 0.582. The Labute approximate surface area is 101 Å². The van der Waals surface area contributed by atoms with Crippen molar-refractivity contribution in [1.29, 1.82) is 0 Å². The van der Waals surface area contributed by atoms with Gasteiger partial charge in [0.2, 0.25) is 0 Å². The summed E-state index contributed by atoms with van der Waals surface area (Å²) in [5.74, 6) is 0.879. The molecule has 1 rings (SSSR count). The van der Waals surface area contributed by atoms with Gasteiger partial charge in [-0.1, -0.05) is 13.8 Å². The molecular formula is C14H29NO. The van der Waals surface area contributed by atoms with Crippen molar-refractivity contribution in [1.82, 2.24) is 5.32 Å². The molecule has 0 aliphatic heterocycles. The van der Waals surface area contributed by atoms with Gasteiger partial charge in [0.05, 0.1) is 0 Å². The van der Waals surface area contributed by atoms with Gasteiger partial charge in [0, 0.05) is 12.6 Å². The highest BCUT2D eigenvalue weighted by atomic mass is 16.2. The van der Waals surface area contributed by atoms with Crippen molar-refractivity contribution in [3.8, 4) is 0 Å². The SMILES string of the molecule is CC(CCCO)NCC1CCC(C)(C)CC1. The second kappa shape index (κ2) is 6.61. The average Bonchev–Trinajstić information content (AvgIpc) is 2.25. The normalized spacial score (nSPS) is 23.2. The van der Waals surface area contributed by atoms with Crippen molar-refractivity contribution in [2.45, 2.75) is 65.3 Å². The lowest BCUT2D eigenvalue weighted by molar-refractivity contribution is 0.185. The van der Waals surface area contributed by atoms with E-state index in [0.717, 1.165) is 18.8 Å². The van der Waals surface area contributed by atoms with E-state index in [2.05, 4.69) is 26.1 Å². The van der Waals surface area contributed by atoms with Gasteiger partial charge in [-0.15, -0.1) is 0 Å². The minimum Gasteiger partial charge on any atom is -0.396 e. The third kappa shape index (κ3) is 5.31. The summed E-state index contributed by atoms with van der Waals surface area (Å²) in [4.78, 5) is 0. The second-order valence-electron chi connectivity index (χ2n) is 6.28. The zero-order valence-electron chi connectivity index (χ0n) is 11.3. The predicted molar refractivity (Wildman–Crippen MR) is 69.5 cm³/mol. The molecule has 0 aromatic carbocycles. The minimum atomic E-state index is 0.323. The van der Waals surface area contributed by atoms with E-state index in [1.165, 1.54) is 32.2 Å². The lowest BCUT2D eigenvalue weighted by Gasteiger charge is -2.34. The van der Waals surface area contributed by atoms with Crippen molar-refractivity contribution >= 4 is 0 Å². The van der Waals surface area contributed by atoms with E-state index in [-0.39, 0.29) is 0 Å². The smallest absolute Gasteiger partial charge is 0.0431 e. The molecular weight excluding hydrogens is 198 g/mol. The molecule has 96 valence electrons. The van der Waals surface area contributed by atoms with Crippen molar-refractivity contribution in [3.05, 3.63) is 0 Å². The first-order valence-corrected chi connectivity index (χ1v) is 6.88. The van der Waals surface area contributed by atoms with Crippen LogP contribution in [-0.4, -0.2) is 24.3 Å². The van der Waals surface area contributed by atoms with E-state index >= 15 is 0 Å². The molecule has 0 aromatic rings. The van der Waals surface area contributed by atoms with Crippen LogP contribution in [0.1, 0.15) is 59.3 Å². The number of rotatable bonds is 6. The largest absolute Gasteiger partial charge is 0.396 e. The second-order valence-corrected chi connectivity index (χ2v) is 6.28. The monoisotopic (exact) mass is 227 g/mol. The Morgan fingerprint density at radius 3 is 2.50 bits per heavy atom. The van der Waals surface area contributed by atoms with Crippen LogP contribution in [0.3, 0.4) is 0 Å². The topological polar surface area (TPSA) is 32.3 Å². The zero-order valence-corrected chi connectivity index (χ0v) is 11.3. The Kier molecular flexibility index (Phi) is 5.77. The molecule has 16 heavy (non-hydrogen) atoms. The van der Waals surface area contributed by atoms with Crippen LogP contribution in [0.2, 0.25) is 0 Å². The fourth-order valence-electron chi connectivity index (χ4n) is 2.53. The summed E-state index contributed by atoms with van der Waals surface area (Å²) in [7, 11) is 0. The van der Waals surface area contributed by atoms with Crippen LogP contribution in [0.4, 0.5) is 0 Å². The lowest BCUT2D eigenvalue weighted by atomic mass is 9.73. The van der Waals surface area contributed by atoms with E-state index in [1.807, 2.05) is 0 Å². The first-order valence-electron chi connectivity index (χ1n) is 6.88. The minimum absolute atomic E-state index is 0.323. The molecule has 1 saturated carbocycles. The van der Waals surface area contributed by atoms with Gasteiger partial charge in [0.1, 0.15) is 0 Å². The Balaban J connectivity index is 2.10. The summed E-state index contributed by atoms with van der Waals surface area (Å²) >= 11 is 0. The van der Waals surface area contributed by atoms with Gasteiger partial charge < -0.3 is 10.4 Å². The number of hydrogen-bond acceptors (Lipinski definition) is 2. The Morgan fingerprint density at radius 2 is 1.94 bits per heavy atom. The average molecular weight is 227 g/mol. The van der Waals surface area contributed by atoms with Gasteiger partial charge in [-0.2, -0.15) is 0 Å². The summed E-state index contributed by atoms with van der Waals surface area (Å²) in [6.45, 7) is 8.50. The van der Waals surface area contributed by atoms with Crippen LogP contribution in [0.25, 0.3) is 0 Å². The summed E-state index contributed by atoms with van der Waals surface area (Å²) < 4.78 is 0. The van der Waals surface area contributed by atoms with E-state index in [4.69, 9.17) is 5.11 Å². The Bertz CT molecular complexity index is 181. The molecule has 0 saturated heterocycles. The van der Waals surface area contributed by atoms with E-state index in [9.17, 15) is 0 Å². The van der Waals surface area contributed by atoms with Crippen molar-refractivity contribution in [2.75, 3.05) is 13.2 Å². The zero-order chi connectivity index (χ0) is 12.0. The van der Waals surface area contributed by atoms with Crippen LogP contribution in [0.15, 0.2) is 0 Å². The number of nitrogens with one attached hydrogen (secondary N) is 1. The molecule has 0 bridgehead atoms. The van der Waals surface area contributed by atoms with Crippen LogP contribution >= 0.6 is 0 Å². The summed E-state index contributed by atoms with van der Waals surface area (Å²) in [6.07, 6.45) is 7.54. The molecule has 1 aliphatic rings. The van der Waals surface area contributed by atoms with Crippen LogP contribution in [0, 0.1) is 11.3 Å². The number of hydrogen-bond donors (Lipinski definition) is 2. The molecule has 0 aromatic heterocycles. The first kappa shape index (κ1) is 14.0. The Morgan fingerprint density at radius 1 is 1.31 bits per heavy atom. The fourth-order valence-corrected chi connectivity index (χ4v) is 2.53. The third-order valence-corrected chi connectivity index (χ3v) is 4.01. The van der Waals surface area contributed by atoms with Gasteiger partial charge in [0.25, 0.3) is 0 Å². The third-order valence-electron chi connectivity index (χ3n) is 4.01. The van der Waals surface area contributed by atoms with Crippen LogP contribution < -0.4 is 5.32 Å². The van der Waals surface area contributed by atoms with Crippen LogP contribution in [0.5, 0.6) is 0 Å².